The van der Waals surface area contributed by atoms with Gasteiger partial charge in [0.1, 0.15) is 0 Å². The van der Waals surface area contributed by atoms with Crippen LogP contribution in [0.15, 0.2) is 4.99 Å². The van der Waals surface area contributed by atoms with Crippen LogP contribution in [0.4, 0.5) is 0 Å². The molecule has 22 heavy (non-hydrogen) atoms. The van der Waals surface area contributed by atoms with Crippen LogP contribution in [0.3, 0.4) is 0 Å². The second kappa shape index (κ2) is 10.2. The molecule has 0 saturated carbocycles. The van der Waals surface area contributed by atoms with E-state index in [9.17, 15) is 0 Å². The molecule has 130 valence electrons. The van der Waals surface area contributed by atoms with Crippen LogP contribution in [0.25, 0.3) is 0 Å². The second-order valence-corrected chi connectivity index (χ2v) is 8.21. The van der Waals surface area contributed by atoms with Crippen molar-refractivity contribution in [2.45, 2.75) is 56.7 Å². The summed E-state index contributed by atoms with van der Waals surface area (Å²) in [4.78, 5) is 6.98. The summed E-state index contributed by atoms with van der Waals surface area (Å²) in [5.41, 5.74) is 0.195. The quantitative estimate of drug-likeness (QED) is 0.392. The van der Waals surface area contributed by atoms with Gasteiger partial charge in [-0.2, -0.15) is 11.8 Å². The van der Waals surface area contributed by atoms with E-state index in [1.54, 1.807) is 0 Å². The van der Waals surface area contributed by atoms with E-state index in [4.69, 9.17) is 0 Å². The molecule has 0 bridgehead atoms. The van der Waals surface area contributed by atoms with E-state index in [1.807, 2.05) is 7.05 Å². The molecular formula is C16H33IN4S. The van der Waals surface area contributed by atoms with E-state index < -0.39 is 0 Å². The molecule has 6 heteroatoms. The second-order valence-electron chi connectivity index (χ2n) is 6.80. The Balaban J connectivity index is 0.00000242. The summed E-state index contributed by atoms with van der Waals surface area (Å²) in [6.45, 7) is 9.13. The number of hydrogen-bond acceptors (Lipinski definition) is 3. The fraction of sp³-hybridized carbons (Fsp3) is 0.938. The van der Waals surface area contributed by atoms with Crippen molar-refractivity contribution < 1.29 is 0 Å². The number of nitrogens with zero attached hydrogens (tertiary/aromatic N) is 2. The highest BCUT2D eigenvalue weighted by Gasteiger charge is 2.28. The normalized spacial score (nSPS) is 24.0. The van der Waals surface area contributed by atoms with Gasteiger partial charge in [-0.15, -0.1) is 24.0 Å². The highest BCUT2D eigenvalue weighted by atomic mass is 127. The van der Waals surface area contributed by atoms with Crippen molar-refractivity contribution in [2.75, 3.05) is 39.0 Å². The first-order valence-electron chi connectivity index (χ1n) is 8.43. The maximum absolute atomic E-state index is 4.36. The number of aliphatic imine (C=N–C) groups is 1. The van der Waals surface area contributed by atoms with Crippen LogP contribution in [-0.2, 0) is 0 Å². The SMILES string of the molecule is CN=C(NCC1CCCS1)NCC(C)(C)N1CCCCC1.I. The Hall–Kier alpha value is 0.310. The lowest BCUT2D eigenvalue weighted by molar-refractivity contribution is 0.0982. The topological polar surface area (TPSA) is 39.7 Å². The minimum Gasteiger partial charge on any atom is -0.355 e. The summed E-state index contributed by atoms with van der Waals surface area (Å²) in [5.74, 6) is 2.27. The fourth-order valence-corrected chi connectivity index (χ4v) is 4.35. The zero-order valence-electron chi connectivity index (χ0n) is 14.4. The van der Waals surface area contributed by atoms with Gasteiger partial charge in [-0.1, -0.05) is 6.42 Å². The standard InChI is InChI=1S/C16H32N4S.HI/c1-16(2,20-9-5-4-6-10-20)13-19-15(17-3)18-12-14-8-7-11-21-14;/h14H,4-13H2,1-3H3,(H2,17,18,19);1H. The molecule has 1 unspecified atom stereocenters. The van der Waals surface area contributed by atoms with Gasteiger partial charge in [-0.25, -0.2) is 0 Å². The third-order valence-electron chi connectivity index (χ3n) is 4.65. The van der Waals surface area contributed by atoms with E-state index in [0.717, 1.165) is 24.3 Å². The molecule has 2 aliphatic heterocycles. The molecule has 1 atom stereocenters. The van der Waals surface area contributed by atoms with E-state index in [0.29, 0.717) is 0 Å². The van der Waals surface area contributed by atoms with E-state index in [-0.39, 0.29) is 29.5 Å². The lowest BCUT2D eigenvalue weighted by atomic mass is 9.98. The van der Waals surface area contributed by atoms with Crippen molar-refractivity contribution in [1.29, 1.82) is 0 Å². The zero-order valence-corrected chi connectivity index (χ0v) is 17.5. The maximum atomic E-state index is 4.36. The van der Waals surface area contributed by atoms with Crippen molar-refractivity contribution in [3.05, 3.63) is 0 Å². The summed E-state index contributed by atoms with van der Waals surface area (Å²) >= 11 is 2.09. The van der Waals surface area contributed by atoms with Crippen molar-refractivity contribution in [3.63, 3.8) is 0 Å². The summed E-state index contributed by atoms with van der Waals surface area (Å²) in [5, 5.41) is 7.77. The van der Waals surface area contributed by atoms with Gasteiger partial charge >= 0.3 is 0 Å². The molecule has 0 aliphatic carbocycles. The molecule has 2 heterocycles. The lowest BCUT2D eigenvalue weighted by Gasteiger charge is -2.41. The number of thioether (sulfide) groups is 1. The minimum atomic E-state index is 0. The molecule has 0 aromatic heterocycles. The predicted octanol–water partition coefficient (Wildman–Crippen LogP) is 2.93. The zero-order chi connectivity index (χ0) is 15.1. The number of piperidine rings is 1. The van der Waals surface area contributed by atoms with Gasteiger partial charge in [-0.3, -0.25) is 9.89 Å². The number of nitrogens with one attached hydrogen (secondary N) is 2. The van der Waals surface area contributed by atoms with Crippen LogP contribution in [0.1, 0.15) is 46.0 Å². The minimum absolute atomic E-state index is 0. The Morgan fingerprint density at radius 3 is 2.50 bits per heavy atom. The lowest BCUT2D eigenvalue weighted by Crippen LogP contribution is -2.55. The third kappa shape index (κ3) is 6.43. The Morgan fingerprint density at radius 2 is 1.91 bits per heavy atom. The summed E-state index contributed by atoms with van der Waals surface area (Å²) in [6, 6.07) is 0. The first kappa shape index (κ1) is 20.4. The number of halogens is 1. The van der Waals surface area contributed by atoms with Gasteiger partial charge in [0.25, 0.3) is 0 Å². The maximum Gasteiger partial charge on any atom is 0.191 e. The van der Waals surface area contributed by atoms with Crippen molar-refractivity contribution in [2.24, 2.45) is 4.99 Å². The van der Waals surface area contributed by atoms with Gasteiger partial charge in [0.15, 0.2) is 5.96 Å². The van der Waals surface area contributed by atoms with Crippen molar-refractivity contribution in [1.82, 2.24) is 15.5 Å². The van der Waals surface area contributed by atoms with Crippen LogP contribution in [0.5, 0.6) is 0 Å². The van der Waals surface area contributed by atoms with E-state index in [1.165, 1.54) is 50.9 Å². The van der Waals surface area contributed by atoms with Gasteiger partial charge in [0, 0.05) is 30.9 Å². The summed E-state index contributed by atoms with van der Waals surface area (Å²) in [7, 11) is 1.87. The molecule has 2 saturated heterocycles. The van der Waals surface area contributed by atoms with Crippen LogP contribution in [-0.4, -0.2) is 60.6 Å². The highest BCUT2D eigenvalue weighted by molar-refractivity contribution is 14.0. The number of guanidine groups is 1. The van der Waals surface area contributed by atoms with Gasteiger partial charge in [-0.05, 0) is 58.4 Å². The van der Waals surface area contributed by atoms with Crippen molar-refractivity contribution in [3.8, 4) is 0 Å². The molecule has 2 aliphatic rings. The Bertz CT molecular complexity index is 337. The fourth-order valence-electron chi connectivity index (χ4n) is 3.15. The summed E-state index contributed by atoms with van der Waals surface area (Å²) < 4.78 is 0. The van der Waals surface area contributed by atoms with Crippen LogP contribution >= 0.6 is 35.7 Å². The van der Waals surface area contributed by atoms with E-state index in [2.05, 4.69) is 46.1 Å². The van der Waals surface area contributed by atoms with Crippen LogP contribution < -0.4 is 10.6 Å². The Labute approximate surface area is 157 Å². The van der Waals surface area contributed by atoms with Crippen molar-refractivity contribution >= 4 is 41.7 Å². The molecular weight excluding hydrogens is 407 g/mol. The summed E-state index contributed by atoms with van der Waals surface area (Å²) in [6.07, 6.45) is 6.78. The predicted molar refractivity (Wildman–Crippen MR) is 110 cm³/mol. The molecule has 2 fully saturated rings. The number of rotatable bonds is 5. The van der Waals surface area contributed by atoms with Gasteiger partial charge in [0.05, 0.1) is 0 Å². The smallest absolute Gasteiger partial charge is 0.191 e. The Morgan fingerprint density at radius 1 is 1.18 bits per heavy atom. The molecule has 0 aromatic carbocycles. The largest absolute Gasteiger partial charge is 0.355 e. The van der Waals surface area contributed by atoms with E-state index >= 15 is 0 Å². The van der Waals surface area contributed by atoms with Gasteiger partial charge < -0.3 is 10.6 Å². The average molecular weight is 440 g/mol. The number of hydrogen-bond donors (Lipinski definition) is 2. The monoisotopic (exact) mass is 440 g/mol. The van der Waals surface area contributed by atoms with Crippen LogP contribution in [0, 0.1) is 0 Å². The molecule has 0 aromatic rings. The van der Waals surface area contributed by atoms with Gasteiger partial charge in [0.2, 0.25) is 0 Å². The highest BCUT2D eigenvalue weighted by Crippen LogP contribution is 2.25. The first-order chi connectivity index (χ1) is 10.1. The average Bonchev–Trinajstić information content (AvgIpc) is 3.02. The molecule has 2 rings (SSSR count). The molecule has 4 nitrogen and oxygen atoms in total. The molecule has 0 amide bonds. The van der Waals surface area contributed by atoms with Crippen LogP contribution in [0.2, 0.25) is 0 Å². The third-order valence-corrected chi connectivity index (χ3v) is 6.04. The first-order valence-corrected chi connectivity index (χ1v) is 9.48. The molecule has 0 spiro atoms. The Kier molecular flexibility index (Phi) is 9.47. The molecule has 0 radical (unpaired) electrons. The molecule has 2 N–H and O–H groups in total. The number of likely N-dealkylation sites (tertiary alicyclic amines) is 1.